The summed E-state index contributed by atoms with van der Waals surface area (Å²) in [5.74, 6) is -1.52. The quantitative estimate of drug-likeness (QED) is 0.0477. The molecule has 0 aliphatic heterocycles. The lowest BCUT2D eigenvalue weighted by Crippen LogP contribution is -2.50. The van der Waals surface area contributed by atoms with Crippen molar-refractivity contribution in [1.29, 1.82) is 0 Å². The number of ether oxygens (including phenoxy) is 3. The predicted molar refractivity (Wildman–Crippen MR) is 174 cm³/mol. The molecule has 43 heavy (non-hydrogen) atoms. The summed E-state index contributed by atoms with van der Waals surface area (Å²) in [4.78, 5) is 35.8. The molecule has 0 bridgehead atoms. The van der Waals surface area contributed by atoms with Crippen molar-refractivity contribution in [3.05, 3.63) is 0 Å². The summed E-state index contributed by atoms with van der Waals surface area (Å²) < 4.78 is 16.8. The van der Waals surface area contributed by atoms with Crippen LogP contribution in [0, 0.1) is 0 Å². The minimum absolute atomic E-state index is 0.0542. The molecule has 1 N–H and O–H groups in total. The number of carboxylic acid groups (broad SMARTS) is 1. The van der Waals surface area contributed by atoms with Gasteiger partial charge < -0.3 is 23.8 Å². The van der Waals surface area contributed by atoms with Crippen LogP contribution in [0.15, 0.2) is 0 Å². The van der Waals surface area contributed by atoms with Gasteiger partial charge in [0.15, 0.2) is 12.1 Å². The van der Waals surface area contributed by atoms with E-state index in [-0.39, 0.29) is 36.2 Å². The molecule has 0 saturated heterocycles. The maximum absolute atomic E-state index is 12.5. The highest BCUT2D eigenvalue weighted by molar-refractivity contribution is 5.72. The van der Waals surface area contributed by atoms with Crippen LogP contribution in [0.4, 0.5) is 0 Å². The standard InChI is InChI=1S/C35H67NO7/c1-6-8-9-10-11-12-13-14-15-16-17-18-19-20-21-22-23-24-26-34(38)43-31(30-42-33(37)25-7-2)29-41-28-27-32(35(39)40)36(3,4)5/h31-32H,6-30H2,1-5H3/p+1. The van der Waals surface area contributed by atoms with Gasteiger partial charge in [0.2, 0.25) is 0 Å². The molecule has 0 aromatic carbocycles. The molecule has 8 nitrogen and oxygen atoms in total. The largest absolute Gasteiger partial charge is 0.477 e. The molecule has 0 rings (SSSR count). The van der Waals surface area contributed by atoms with Crippen LogP contribution in [0.2, 0.25) is 0 Å². The number of rotatable bonds is 31. The molecule has 0 amide bonds. The zero-order chi connectivity index (χ0) is 32.2. The van der Waals surface area contributed by atoms with Crippen LogP contribution in [0.1, 0.15) is 155 Å². The normalized spacial score (nSPS) is 13.0. The lowest BCUT2D eigenvalue weighted by molar-refractivity contribution is -0.887. The fraction of sp³-hybridized carbons (Fsp3) is 0.914. The van der Waals surface area contributed by atoms with Gasteiger partial charge in [-0.3, -0.25) is 9.59 Å². The zero-order valence-electron chi connectivity index (χ0n) is 28.7. The van der Waals surface area contributed by atoms with Gasteiger partial charge in [-0.2, -0.15) is 0 Å². The first-order chi connectivity index (χ1) is 20.6. The lowest BCUT2D eigenvalue weighted by atomic mass is 10.0. The second kappa shape index (κ2) is 27.8. The fourth-order valence-electron chi connectivity index (χ4n) is 5.25. The van der Waals surface area contributed by atoms with E-state index >= 15 is 0 Å². The molecule has 0 heterocycles. The predicted octanol–water partition coefficient (Wildman–Crippen LogP) is 8.24. The summed E-state index contributed by atoms with van der Waals surface area (Å²) in [7, 11) is 5.49. The molecular weight excluding hydrogens is 546 g/mol. The van der Waals surface area contributed by atoms with E-state index in [2.05, 4.69) is 6.92 Å². The summed E-state index contributed by atoms with van der Waals surface area (Å²) in [5, 5.41) is 9.48. The molecular formula is C35H68NO7+. The monoisotopic (exact) mass is 614 g/mol. The third-order valence-electron chi connectivity index (χ3n) is 7.98. The number of hydrogen-bond donors (Lipinski definition) is 1. The highest BCUT2D eigenvalue weighted by Gasteiger charge is 2.31. The Morgan fingerprint density at radius 1 is 0.605 bits per heavy atom. The van der Waals surface area contributed by atoms with Crippen molar-refractivity contribution in [2.24, 2.45) is 0 Å². The van der Waals surface area contributed by atoms with Gasteiger partial charge in [-0.15, -0.1) is 0 Å². The summed E-state index contributed by atoms with van der Waals surface area (Å²) >= 11 is 0. The van der Waals surface area contributed by atoms with Crippen molar-refractivity contribution >= 4 is 17.9 Å². The van der Waals surface area contributed by atoms with Gasteiger partial charge in [0.25, 0.3) is 0 Å². The Kier molecular flexibility index (Phi) is 26.8. The number of carboxylic acids is 1. The van der Waals surface area contributed by atoms with Crippen LogP contribution in [-0.2, 0) is 28.6 Å². The van der Waals surface area contributed by atoms with Crippen LogP contribution in [-0.4, -0.2) is 80.6 Å². The van der Waals surface area contributed by atoms with Gasteiger partial charge in [-0.1, -0.05) is 123 Å². The average molecular weight is 615 g/mol. The van der Waals surface area contributed by atoms with Crippen molar-refractivity contribution in [2.45, 2.75) is 167 Å². The van der Waals surface area contributed by atoms with E-state index in [1.54, 1.807) is 0 Å². The number of unbranched alkanes of at least 4 members (excludes halogenated alkanes) is 17. The van der Waals surface area contributed by atoms with Gasteiger partial charge >= 0.3 is 17.9 Å². The van der Waals surface area contributed by atoms with E-state index in [9.17, 15) is 19.5 Å². The van der Waals surface area contributed by atoms with Crippen molar-refractivity contribution in [1.82, 2.24) is 0 Å². The van der Waals surface area contributed by atoms with Gasteiger partial charge in [0, 0.05) is 19.3 Å². The third kappa shape index (κ3) is 26.5. The minimum atomic E-state index is -0.878. The smallest absolute Gasteiger partial charge is 0.362 e. The highest BCUT2D eigenvalue weighted by atomic mass is 16.6. The Bertz CT molecular complexity index is 692. The van der Waals surface area contributed by atoms with Crippen LogP contribution in [0.25, 0.3) is 0 Å². The van der Waals surface area contributed by atoms with Crippen molar-refractivity contribution in [3.8, 4) is 0 Å². The van der Waals surface area contributed by atoms with E-state index in [0.29, 0.717) is 25.7 Å². The van der Waals surface area contributed by atoms with E-state index in [1.807, 2.05) is 28.1 Å². The molecule has 0 spiro atoms. The van der Waals surface area contributed by atoms with Crippen molar-refractivity contribution in [2.75, 3.05) is 41.0 Å². The number of aliphatic carboxylic acids is 1. The summed E-state index contributed by atoms with van der Waals surface area (Å²) in [6, 6.07) is -0.604. The zero-order valence-corrected chi connectivity index (χ0v) is 28.7. The van der Waals surface area contributed by atoms with Gasteiger partial charge in [0.05, 0.1) is 34.4 Å². The molecule has 0 aromatic rings. The third-order valence-corrected chi connectivity index (χ3v) is 7.98. The second-order valence-corrected chi connectivity index (χ2v) is 13.1. The first-order valence-corrected chi connectivity index (χ1v) is 17.6. The van der Waals surface area contributed by atoms with Gasteiger partial charge in [0.1, 0.15) is 6.61 Å². The maximum atomic E-state index is 12.5. The number of esters is 2. The number of carbonyl (C=O) groups excluding carboxylic acids is 2. The van der Waals surface area contributed by atoms with E-state index in [4.69, 9.17) is 14.2 Å². The van der Waals surface area contributed by atoms with Crippen LogP contribution in [0.3, 0.4) is 0 Å². The Morgan fingerprint density at radius 3 is 1.49 bits per heavy atom. The Morgan fingerprint density at radius 2 is 1.07 bits per heavy atom. The second-order valence-electron chi connectivity index (χ2n) is 13.1. The summed E-state index contributed by atoms with van der Waals surface area (Å²) in [6.07, 6.45) is 24.3. The molecule has 0 fully saturated rings. The van der Waals surface area contributed by atoms with E-state index < -0.39 is 18.1 Å². The molecule has 0 aliphatic rings. The van der Waals surface area contributed by atoms with E-state index in [0.717, 1.165) is 19.3 Å². The molecule has 0 radical (unpaired) electrons. The molecule has 0 saturated carbocycles. The number of quaternary nitrogens is 1. The summed E-state index contributed by atoms with van der Waals surface area (Å²) in [6.45, 7) is 4.39. The molecule has 0 aromatic heterocycles. The average Bonchev–Trinajstić information content (AvgIpc) is 2.94. The Labute approximate surface area is 264 Å². The Hall–Kier alpha value is -1.67. The van der Waals surface area contributed by atoms with Crippen molar-refractivity contribution < 1.29 is 38.2 Å². The lowest BCUT2D eigenvalue weighted by Gasteiger charge is -2.31. The van der Waals surface area contributed by atoms with E-state index in [1.165, 1.54) is 96.3 Å². The maximum Gasteiger partial charge on any atom is 0.362 e. The molecule has 2 unspecified atom stereocenters. The van der Waals surface area contributed by atoms with Crippen LogP contribution < -0.4 is 0 Å². The number of carbonyl (C=O) groups is 3. The number of likely N-dealkylation sites (N-methyl/N-ethyl adjacent to an activating group) is 1. The highest BCUT2D eigenvalue weighted by Crippen LogP contribution is 2.15. The van der Waals surface area contributed by atoms with Gasteiger partial charge in [-0.05, 0) is 12.8 Å². The van der Waals surface area contributed by atoms with Gasteiger partial charge in [-0.25, -0.2) is 4.79 Å². The SMILES string of the molecule is CCCCCCCCCCCCCCCCCCCCC(=O)OC(COCCC(C(=O)O)[N+](C)(C)C)COC(=O)CCC. The summed E-state index contributed by atoms with van der Waals surface area (Å²) in [5.41, 5.74) is 0. The molecule has 2 atom stereocenters. The molecule has 254 valence electrons. The minimum Gasteiger partial charge on any atom is -0.477 e. The molecule has 0 aliphatic carbocycles. The topological polar surface area (TPSA) is 99.1 Å². The number of hydrogen-bond acceptors (Lipinski definition) is 6. The first kappa shape index (κ1) is 41.3. The first-order valence-electron chi connectivity index (χ1n) is 17.6. The molecule has 8 heteroatoms. The Balaban J connectivity index is 4.00. The van der Waals surface area contributed by atoms with Crippen LogP contribution in [0.5, 0.6) is 0 Å². The number of nitrogens with zero attached hydrogens (tertiary/aromatic N) is 1. The van der Waals surface area contributed by atoms with Crippen LogP contribution >= 0.6 is 0 Å². The fourth-order valence-corrected chi connectivity index (χ4v) is 5.25. The van der Waals surface area contributed by atoms with Crippen molar-refractivity contribution in [3.63, 3.8) is 0 Å².